The maximum atomic E-state index is 12.0. The number of hydrogen-bond donors (Lipinski definition) is 2. The minimum atomic E-state index is -0.898. The third kappa shape index (κ3) is 2.98. The fourth-order valence-electron chi connectivity index (χ4n) is 1.51. The fraction of sp³-hybridized carbons (Fsp3) is 0.300. The zero-order chi connectivity index (χ0) is 15.4. The van der Waals surface area contributed by atoms with Gasteiger partial charge in [0.1, 0.15) is 5.69 Å². The van der Waals surface area contributed by atoms with Crippen LogP contribution < -0.4 is 5.73 Å². The molecule has 0 spiro atoms. The van der Waals surface area contributed by atoms with Crippen molar-refractivity contribution in [3.63, 3.8) is 0 Å². The van der Waals surface area contributed by atoms with Crippen molar-refractivity contribution < 1.29 is 19.7 Å². The quantitative estimate of drug-likeness (QED) is 0.443. The number of anilines is 1. The van der Waals surface area contributed by atoms with Crippen molar-refractivity contribution in [2.75, 3.05) is 25.9 Å². The van der Waals surface area contributed by atoms with Gasteiger partial charge in [-0.05, 0) is 0 Å². The van der Waals surface area contributed by atoms with Crippen LogP contribution in [0.2, 0.25) is 0 Å². The van der Waals surface area contributed by atoms with Crippen LogP contribution in [0.15, 0.2) is 12.1 Å². The molecular formula is C10H12N4O6. The average Bonchev–Trinajstić information content (AvgIpc) is 2.37. The van der Waals surface area contributed by atoms with Gasteiger partial charge in [0.05, 0.1) is 28.1 Å². The van der Waals surface area contributed by atoms with Gasteiger partial charge in [0.2, 0.25) is 0 Å². The zero-order valence-corrected chi connectivity index (χ0v) is 10.5. The molecule has 10 nitrogen and oxygen atoms in total. The minimum Gasteiger partial charge on any atom is -0.395 e. The van der Waals surface area contributed by atoms with Crippen LogP contribution in [0.1, 0.15) is 10.4 Å². The van der Waals surface area contributed by atoms with Gasteiger partial charge in [-0.15, -0.1) is 0 Å². The predicted molar refractivity (Wildman–Crippen MR) is 68.2 cm³/mol. The van der Waals surface area contributed by atoms with Crippen LogP contribution in [0.3, 0.4) is 0 Å². The van der Waals surface area contributed by atoms with Gasteiger partial charge in [-0.1, -0.05) is 0 Å². The van der Waals surface area contributed by atoms with E-state index in [0.717, 1.165) is 11.0 Å². The highest BCUT2D eigenvalue weighted by Crippen LogP contribution is 2.31. The molecule has 0 fully saturated rings. The molecule has 0 saturated carbocycles. The molecule has 10 heteroatoms. The maximum Gasteiger partial charge on any atom is 0.299 e. The molecule has 1 aromatic rings. The Labute approximate surface area is 112 Å². The molecule has 1 rings (SSSR count). The summed E-state index contributed by atoms with van der Waals surface area (Å²) in [5.41, 5.74) is 3.41. The summed E-state index contributed by atoms with van der Waals surface area (Å²) in [7, 11) is 1.34. The topological polar surface area (TPSA) is 153 Å². The van der Waals surface area contributed by atoms with E-state index >= 15 is 0 Å². The molecule has 0 saturated heterocycles. The van der Waals surface area contributed by atoms with Crippen LogP contribution in [0.4, 0.5) is 17.1 Å². The maximum absolute atomic E-state index is 12.0. The number of carbonyl (C=O) groups excluding carboxylic acids is 1. The number of benzene rings is 1. The molecule has 0 aliphatic carbocycles. The molecule has 1 aromatic carbocycles. The highest BCUT2D eigenvalue weighted by molar-refractivity contribution is 6.01. The summed E-state index contributed by atoms with van der Waals surface area (Å²) in [6, 6.07) is 1.57. The van der Waals surface area contributed by atoms with E-state index < -0.39 is 32.8 Å². The van der Waals surface area contributed by atoms with Crippen LogP contribution in [0.5, 0.6) is 0 Å². The van der Waals surface area contributed by atoms with Gasteiger partial charge in [0.25, 0.3) is 17.3 Å². The molecule has 108 valence electrons. The van der Waals surface area contributed by atoms with E-state index in [1.807, 2.05) is 0 Å². The second-order valence-corrected chi connectivity index (χ2v) is 3.89. The van der Waals surface area contributed by atoms with E-state index in [1.165, 1.54) is 7.05 Å². The summed E-state index contributed by atoms with van der Waals surface area (Å²) < 4.78 is 0. The summed E-state index contributed by atoms with van der Waals surface area (Å²) in [4.78, 5) is 32.8. The smallest absolute Gasteiger partial charge is 0.299 e. The largest absolute Gasteiger partial charge is 0.395 e. The lowest BCUT2D eigenvalue weighted by Gasteiger charge is -2.16. The molecule has 0 heterocycles. The Kier molecular flexibility index (Phi) is 4.54. The van der Waals surface area contributed by atoms with Crippen LogP contribution in [0, 0.1) is 20.2 Å². The summed E-state index contributed by atoms with van der Waals surface area (Å²) >= 11 is 0. The SMILES string of the molecule is CN(CCO)C(=O)c1cc([N+](=O)[O-])cc([N+](=O)[O-])c1N. The van der Waals surface area contributed by atoms with Crippen molar-refractivity contribution in [3.05, 3.63) is 37.9 Å². The van der Waals surface area contributed by atoms with Crippen molar-refractivity contribution in [2.45, 2.75) is 0 Å². The first-order valence-corrected chi connectivity index (χ1v) is 5.38. The van der Waals surface area contributed by atoms with E-state index in [4.69, 9.17) is 10.8 Å². The summed E-state index contributed by atoms with van der Waals surface area (Å²) in [6.07, 6.45) is 0. The van der Waals surface area contributed by atoms with Crippen LogP contribution in [-0.4, -0.2) is 46.0 Å². The number of carbonyl (C=O) groups is 1. The van der Waals surface area contributed by atoms with Gasteiger partial charge >= 0.3 is 0 Å². The number of non-ortho nitro benzene ring substituents is 1. The number of nitro benzene ring substituents is 2. The Bertz CT molecular complexity index is 573. The Morgan fingerprint density at radius 1 is 1.35 bits per heavy atom. The third-order valence-electron chi connectivity index (χ3n) is 2.56. The highest BCUT2D eigenvalue weighted by atomic mass is 16.6. The highest BCUT2D eigenvalue weighted by Gasteiger charge is 2.26. The first kappa shape index (κ1) is 15.3. The van der Waals surface area contributed by atoms with E-state index in [0.29, 0.717) is 6.07 Å². The number of nitrogens with two attached hydrogens (primary N) is 1. The number of rotatable bonds is 5. The van der Waals surface area contributed by atoms with Crippen LogP contribution in [-0.2, 0) is 0 Å². The second-order valence-electron chi connectivity index (χ2n) is 3.89. The Balaban J connectivity index is 3.41. The number of hydrogen-bond acceptors (Lipinski definition) is 7. The second kappa shape index (κ2) is 5.93. The monoisotopic (exact) mass is 284 g/mol. The van der Waals surface area contributed by atoms with E-state index in [9.17, 15) is 25.0 Å². The normalized spacial score (nSPS) is 10.1. The summed E-state index contributed by atoms with van der Waals surface area (Å²) in [6.45, 7) is -0.353. The van der Waals surface area contributed by atoms with Crippen molar-refractivity contribution >= 4 is 23.0 Å². The first-order valence-electron chi connectivity index (χ1n) is 5.38. The molecular weight excluding hydrogens is 272 g/mol. The number of likely N-dealkylation sites (N-methyl/N-ethyl adjacent to an activating group) is 1. The van der Waals surface area contributed by atoms with E-state index in [1.54, 1.807) is 0 Å². The number of aliphatic hydroxyl groups is 1. The number of nitro groups is 2. The average molecular weight is 284 g/mol. The van der Waals surface area contributed by atoms with Gasteiger partial charge in [0, 0.05) is 19.7 Å². The van der Waals surface area contributed by atoms with Gasteiger partial charge < -0.3 is 15.7 Å². The number of aliphatic hydroxyl groups excluding tert-OH is 1. The zero-order valence-electron chi connectivity index (χ0n) is 10.5. The number of nitrogen functional groups attached to an aromatic ring is 1. The van der Waals surface area contributed by atoms with Crippen LogP contribution >= 0.6 is 0 Å². The van der Waals surface area contributed by atoms with E-state index in [-0.39, 0.29) is 18.7 Å². The molecule has 0 atom stereocenters. The molecule has 0 aliphatic heterocycles. The lowest BCUT2D eigenvalue weighted by Crippen LogP contribution is -2.30. The Morgan fingerprint density at radius 3 is 2.40 bits per heavy atom. The van der Waals surface area contributed by atoms with Crippen molar-refractivity contribution in [1.82, 2.24) is 4.90 Å². The molecule has 0 radical (unpaired) electrons. The standard InChI is InChI=1S/C10H12N4O6/c1-12(2-3-15)10(16)7-4-6(13(17)18)5-8(9(7)11)14(19)20/h4-5,15H,2-3,11H2,1H3. The molecule has 20 heavy (non-hydrogen) atoms. The lowest BCUT2D eigenvalue weighted by molar-refractivity contribution is -0.393. The summed E-state index contributed by atoms with van der Waals surface area (Å²) in [5.74, 6) is -0.747. The summed E-state index contributed by atoms with van der Waals surface area (Å²) in [5, 5.41) is 30.3. The molecule has 0 bridgehead atoms. The predicted octanol–water partition coefficient (Wildman–Crippen LogP) is 0.149. The fourth-order valence-corrected chi connectivity index (χ4v) is 1.51. The molecule has 0 aromatic heterocycles. The number of amides is 1. The van der Waals surface area contributed by atoms with Crippen molar-refractivity contribution in [2.24, 2.45) is 0 Å². The van der Waals surface area contributed by atoms with Gasteiger partial charge in [0.15, 0.2) is 0 Å². The Hall–Kier alpha value is -2.75. The molecule has 0 aliphatic rings. The number of nitrogens with zero attached hydrogens (tertiary/aromatic N) is 3. The van der Waals surface area contributed by atoms with E-state index in [2.05, 4.69) is 0 Å². The first-order chi connectivity index (χ1) is 9.29. The molecule has 1 amide bonds. The van der Waals surface area contributed by atoms with Gasteiger partial charge in [-0.3, -0.25) is 25.0 Å². The minimum absolute atomic E-state index is 0.0330. The lowest BCUT2D eigenvalue weighted by atomic mass is 10.1. The van der Waals surface area contributed by atoms with Crippen LogP contribution in [0.25, 0.3) is 0 Å². The molecule has 3 N–H and O–H groups in total. The molecule has 0 unspecified atom stereocenters. The third-order valence-corrected chi connectivity index (χ3v) is 2.56. The van der Waals surface area contributed by atoms with Gasteiger partial charge in [-0.25, -0.2) is 0 Å². The van der Waals surface area contributed by atoms with Crippen molar-refractivity contribution in [3.8, 4) is 0 Å². The van der Waals surface area contributed by atoms with Gasteiger partial charge in [-0.2, -0.15) is 0 Å². The van der Waals surface area contributed by atoms with Crippen molar-refractivity contribution in [1.29, 1.82) is 0 Å². The Morgan fingerprint density at radius 2 is 1.95 bits per heavy atom.